The maximum absolute atomic E-state index is 5.34. The molecular weight excluding hydrogens is 238 g/mol. The van der Waals surface area contributed by atoms with Gasteiger partial charge in [-0.2, -0.15) is 0 Å². The van der Waals surface area contributed by atoms with E-state index in [9.17, 15) is 0 Å². The van der Waals surface area contributed by atoms with E-state index in [0.29, 0.717) is 0 Å². The molecule has 0 aliphatic heterocycles. The molecule has 1 aliphatic rings. The van der Waals surface area contributed by atoms with Crippen LogP contribution in [-0.2, 0) is 0 Å². The molecule has 2 aromatic carbocycles. The number of benzene rings is 2. The molecule has 0 heterocycles. The minimum Gasteiger partial charge on any atom is -0.355 e. The molecule has 0 bridgehead atoms. The van der Waals surface area contributed by atoms with E-state index >= 15 is 0 Å². The van der Waals surface area contributed by atoms with Crippen molar-refractivity contribution in [2.75, 3.05) is 5.32 Å². The number of hydrogen-bond donors (Lipinski definition) is 1. The SMILES string of the molecule is S=C1CC=CC=C1Nc1ccc2ccccc2c1. The van der Waals surface area contributed by atoms with Gasteiger partial charge in [-0.25, -0.2) is 0 Å². The summed E-state index contributed by atoms with van der Waals surface area (Å²) in [7, 11) is 0. The van der Waals surface area contributed by atoms with Crippen molar-refractivity contribution in [2.45, 2.75) is 6.42 Å². The summed E-state index contributed by atoms with van der Waals surface area (Å²) < 4.78 is 0. The lowest BCUT2D eigenvalue weighted by Gasteiger charge is -2.13. The van der Waals surface area contributed by atoms with Crippen LogP contribution in [0.2, 0.25) is 0 Å². The first-order valence-electron chi connectivity index (χ1n) is 5.99. The highest BCUT2D eigenvalue weighted by Gasteiger charge is 2.06. The van der Waals surface area contributed by atoms with Crippen LogP contribution in [0.3, 0.4) is 0 Å². The number of thiocarbonyl (C=S) groups is 1. The van der Waals surface area contributed by atoms with Crippen LogP contribution in [0.5, 0.6) is 0 Å². The van der Waals surface area contributed by atoms with Gasteiger partial charge in [0.2, 0.25) is 0 Å². The van der Waals surface area contributed by atoms with E-state index in [4.69, 9.17) is 12.2 Å². The van der Waals surface area contributed by atoms with Crippen LogP contribution >= 0.6 is 12.2 Å². The summed E-state index contributed by atoms with van der Waals surface area (Å²) in [5.41, 5.74) is 2.11. The topological polar surface area (TPSA) is 12.0 Å². The highest BCUT2D eigenvalue weighted by molar-refractivity contribution is 7.80. The lowest BCUT2D eigenvalue weighted by Crippen LogP contribution is -2.10. The average molecular weight is 251 g/mol. The minimum atomic E-state index is 0.849. The molecule has 0 aromatic heterocycles. The molecule has 88 valence electrons. The molecule has 2 heteroatoms. The van der Waals surface area contributed by atoms with Gasteiger partial charge in [0.05, 0.1) is 5.70 Å². The highest BCUT2D eigenvalue weighted by atomic mass is 32.1. The Morgan fingerprint density at radius 2 is 1.83 bits per heavy atom. The summed E-state index contributed by atoms with van der Waals surface area (Å²) >= 11 is 5.34. The van der Waals surface area contributed by atoms with Gasteiger partial charge in [0.15, 0.2) is 0 Å². The summed E-state index contributed by atoms with van der Waals surface area (Å²) in [5.74, 6) is 0. The molecule has 0 spiro atoms. The van der Waals surface area contributed by atoms with Crippen molar-refractivity contribution < 1.29 is 0 Å². The first-order valence-corrected chi connectivity index (χ1v) is 6.39. The molecular formula is C16H13NS. The maximum atomic E-state index is 5.34. The lowest BCUT2D eigenvalue weighted by molar-refractivity contribution is 1.41. The monoisotopic (exact) mass is 251 g/mol. The molecule has 3 rings (SSSR count). The number of fused-ring (bicyclic) bond motifs is 1. The van der Waals surface area contributed by atoms with Gasteiger partial charge in [0.25, 0.3) is 0 Å². The van der Waals surface area contributed by atoms with Gasteiger partial charge in [-0.1, -0.05) is 54.7 Å². The Balaban J connectivity index is 1.93. The molecule has 0 saturated heterocycles. The fourth-order valence-electron chi connectivity index (χ4n) is 2.08. The molecule has 0 fully saturated rings. The largest absolute Gasteiger partial charge is 0.355 e. The number of nitrogens with one attached hydrogen (secondary N) is 1. The zero-order valence-corrected chi connectivity index (χ0v) is 10.7. The van der Waals surface area contributed by atoms with Crippen LogP contribution in [0.15, 0.2) is 66.4 Å². The van der Waals surface area contributed by atoms with Crippen molar-refractivity contribution >= 4 is 33.5 Å². The predicted molar refractivity (Wildman–Crippen MR) is 82.0 cm³/mol. The quantitative estimate of drug-likeness (QED) is 0.791. The standard InChI is InChI=1S/C16H13NS/c18-16-8-4-3-7-15(16)17-14-10-9-12-5-1-2-6-13(12)11-14/h1-7,9-11,17H,8H2. The van der Waals surface area contributed by atoms with Gasteiger partial charge >= 0.3 is 0 Å². The van der Waals surface area contributed by atoms with E-state index in [1.807, 2.05) is 12.2 Å². The number of allylic oxidation sites excluding steroid dienone is 4. The minimum absolute atomic E-state index is 0.849. The fourth-order valence-corrected chi connectivity index (χ4v) is 2.29. The average Bonchev–Trinajstić information content (AvgIpc) is 2.41. The van der Waals surface area contributed by atoms with Gasteiger partial charge in [0.1, 0.15) is 0 Å². The highest BCUT2D eigenvalue weighted by Crippen LogP contribution is 2.21. The Morgan fingerprint density at radius 1 is 1.00 bits per heavy atom. The fraction of sp³-hybridized carbons (Fsp3) is 0.0625. The van der Waals surface area contributed by atoms with Crippen LogP contribution in [0.25, 0.3) is 10.8 Å². The van der Waals surface area contributed by atoms with Crippen molar-refractivity contribution in [3.63, 3.8) is 0 Å². The summed E-state index contributed by atoms with van der Waals surface area (Å²) in [6.07, 6.45) is 7.00. The third kappa shape index (κ3) is 2.20. The van der Waals surface area contributed by atoms with Gasteiger partial charge < -0.3 is 5.32 Å². The van der Waals surface area contributed by atoms with Crippen LogP contribution in [-0.4, -0.2) is 4.86 Å². The summed E-state index contributed by atoms with van der Waals surface area (Å²) in [5, 5.41) is 5.88. The van der Waals surface area contributed by atoms with E-state index in [-0.39, 0.29) is 0 Å². The Labute approximate surface area is 112 Å². The van der Waals surface area contributed by atoms with Crippen molar-refractivity contribution in [1.82, 2.24) is 0 Å². The number of rotatable bonds is 2. The van der Waals surface area contributed by atoms with Crippen molar-refractivity contribution in [3.8, 4) is 0 Å². The lowest BCUT2D eigenvalue weighted by atomic mass is 10.1. The van der Waals surface area contributed by atoms with E-state index < -0.39 is 0 Å². The Hall–Kier alpha value is -1.93. The van der Waals surface area contributed by atoms with E-state index in [1.165, 1.54) is 10.8 Å². The second-order valence-electron chi connectivity index (χ2n) is 4.32. The van der Waals surface area contributed by atoms with Gasteiger partial charge in [0, 0.05) is 17.0 Å². The first kappa shape index (κ1) is 11.2. The molecule has 1 nitrogen and oxygen atoms in total. The molecule has 0 saturated carbocycles. The second-order valence-corrected chi connectivity index (χ2v) is 4.82. The molecule has 18 heavy (non-hydrogen) atoms. The van der Waals surface area contributed by atoms with E-state index in [1.54, 1.807) is 0 Å². The van der Waals surface area contributed by atoms with Gasteiger partial charge in [-0.05, 0) is 29.0 Å². The molecule has 0 radical (unpaired) electrons. The molecule has 0 amide bonds. The molecule has 0 atom stereocenters. The molecule has 0 unspecified atom stereocenters. The number of hydrogen-bond acceptors (Lipinski definition) is 2. The zero-order valence-electron chi connectivity index (χ0n) is 9.89. The molecule has 2 aromatic rings. The third-order valence-corrected chi connectivity index (χ3v) is 3.42. The Bertz CT molecular complexity index is 668. The van der Waals surface area contributed by atoms with Crippen molar-refractivity contribution in [2.24, 2.45) is 0 Å². The smallest absolute Gasteiger partial charge is 0.0529 e. The van der Waals surface area contributed by atoms with Crippen LogP contribution < -0.4 is 5.32 Å². The summed E-state index contributed by atoms with van der Waals surface area (Å²) in [6, 6.07) is 14.7. The normalized spacial score (nSPS) is 14.7. The van der Waals surface area contributed by atoms with E-state index in [2.05, 4.69) is 53.9 Å². The second kappa shape index (κ2) is 4.75. The Kier molecular flexibility index (Phi) is 2.95. The van der Waals surface area contributed by atoms with Crippen molar-refractivity contribution in [3.05, 3.63) is 66.4 Å². The summed E-state index contributed by atoms with van der Waals surface area (Å²) in [6.45, 7) is 0. The molecule has 1 aliphatic carbocycles. The van der Waals surface area contributed by atoms with Crippen LogP contribution in [0.4, 0.5) is 5.69 Å². The predicted octanol–water partition coefficient (Wildman–Crippen LogP) is 4.47. The van der Waals surface area contributed by atoms with Crippen LogP contribution in [0, 0.1) is 0 Å². The van der Waals surface area contributed by atoms with Crippen LogP contribution in [0.1, 0.15) is 6.42 Å². The first-order chi connectivity index (χ1) is 8.83. The zero-order chi connectivity index (χ0) is 12.4. The van der Waals surface area contributed by atoms with Gasteiger partial charge in [-0.15, -0.1) is 0 Å². The summed E-state index contributed by atoms with van der Waals surface area (Å²) in [4.78, 5) is 0.964. The van der Waals surface area contributed by atoms with Crippen molar-refractivity contribution in [1.29, 1.82) is 0 Å². The Morgan fingerprint density at radius 3 is 2.67 bits per heavy atom. The molecule has 1 N–H and O–H groups in total. The maximum Gasteiger partial charge on any atom is 0.0529 e. The third-order valence-electron chi connectivity index (χ3n) is 3.03. The number of anilines is 1. The van der Waals surface area contributed by atoms with Gasteiger partial charge in [-0.3, -0.25) is 0 Å². The van der Waals surface area contributed by atoms with E-state index in [0.717, 1.165) is 22.7 Å².